The van der Waals surface area contributed by atoms with Gasteiger partial charge in [0.1, 0.15) is 5.82 Å². The van der Waals surface area contributed by atoms with Gasteiger partial charge in [-0.2, -0.15) is 0 Å². The number of benzene rings is 2. The number of hydrogen-bond acceptors (Lipinski definition) is 3. The molecule has 4 fully saturated rings. The van der Waals surface area contributed by atoms with E-state index >= 15 is 0 Å². The summed E-state index contributed by atoms with van der Waals surface area (Å²) in [6.45, 7) is 0. The molecule has 3 aromatic rings. The van der Waals surface area contributed by atoms with E-state index in [1.807, 2.05) is 42.5 Å². The number of imidazole rings is 1. The number of aromatic amines is 1. The predicted octanol–water partition coefficient (Wildman–Crippen LogP) is 5.67. The first-order valence-electron chi connectivity index (χ1n) is 12.8. The lowest BCUT2D eigenvalue weighted by atomic mass is 9.68. The van der Waals surface area contributed by atoms with Crippen LogP contribution in [0.2, 0.25) is 0 Å². The molecule has 3 N–H and O–H groups in total. The number of H-pyrrole nitrogens is 1. The minimum absolute atomic E-state index is 0.0244. The summed E-state index contributed by atoms with van der Waals surface area (Å²) in [5, 5.41) is 6.34. The average molecular weight is 457 g/mol. The van der Waals surface area contributed by atoms with E-state index in [0.717, 1.165) is 66.1 Å². The predicted molar refractivity (Wildman–Crippen MR) is 133 cm³/mol. The lowest BCUT2D eigenvalue weighted by molar-refractivity contribution is -0.119. The van der Waals surface area contributed by atoms with Crippen molar-refractivity contribution in [3.05, 3.63) is 48.0 Å². The number of amides is 2. The fraction of sp³-hybridized carbons (Fsp3) is 0.464. The third-order valence-electron chi connectivity index (χ3n) is 8.26. The summed E-state index contributed by atoms with van der Waals surface area (Å²) < 4.78 is 0. The molecule has 1 atom stereocenters. The van der Waals surface area contributed by atoms with Gasteiger partial charge in [0.2, 0.25) is 5.91 Å². The molecule has 6 nitrogen and oxygen atoms in total. The summed E-state index contributed by atoms with van der Waals surface area (Å²) in [7, 11) is 0. The smallest absolute Gasteiger partial charge is 0.251 e. The number of nitrogens with zero attached hydrogens (tertiary/aromatic N) is 1. The SMILES string of the molecule is O=C(NC1CC2CCC1CC2)c1ccc(-c2nc3cc(NC(=O)C4CCCC4)ccc3[nH]2)cc1. The molecule has 2 bridgehead atoms. The van der Waals surface area contributed by atoms with Crippen LogP contribution in [-0.2, 0) is 4.79 Å². The maximum absolute atomic E-state index is 12.8. The summed E-state index contributed by atoms with van der Waals surface area (Å²) in [5.74, 6) is 2.47. The second-order valence-electron chi connectivity index (χ2n) is 10.5. The first-order valence-corrected chi connectivity index (χ1v) is 12.8. The van der Waals surface area contributed by atoms with Crippen molar-refractivity contribution in [3.63, 3.8) is 0 Å². The maximum atomic E-state index is 12.8. The van der Waals surface area contributed by atoms with Gasteiger partial charge in [-0.3, -0.25) is 9.59 Å². The second-order valence-corrected chi connectivity index (χ2v) is 10.5. The molecule has 176 valence electrons. The quantitative estimate of drug-likeness (QED) is 0.462. The van der Waals surface area contributed by atoms with Gasteiger partial charge in [0.25, 0.3) is 5.91 Å². The van der Waals surface area contributed by atoms with E-state index in [2.05, 4.69) is 15.6 Å². The minimum Gasteiger partial charge on any atom is -0.349 e. The third-order valence-corrected chi connectivity index (χ3v) is 8.26. The summed E-state index contributed by atoms with van der Waals surface area (Å²) in [4.78, 5) is 33.4. The highest BCUT2D eigenvalue weighted by molar-refractivity contribution is 5.96. The average Bonchev–Trinajstić information content (AvgIpc) is 3.55. The van der Waals surface area contributed by atoms with Crippen LogP contribution in [0.4, 0.5) is 5.69 Å². The van der Waals surface area contributed by atoms with E-state index in [4.69, 9.17) is 4.98 Å². The number of aromatic nitrogens is 2. The van der Waals surface area contributed by atoms with Gasteiger partial charge in [-0.15, -0.1) is 0 Å². The molecule has 1 unspecified atom stereocenters. The van der Waals surface area contributed by atoms with Crippen molar-refractivity contribution >= 4 is 28.5 Å². The van der Waals surface area contributed by atoms with Crippen LogP contribution >= 0.6 is 0 Å². The molecule has 2 amide bonds. The van der Waals surface area contributed by atoms with Crippen LogP contribution in [0.25, 0.3) is 22.4 Å². The molecule has 4 aliphatic carbocycles. The molecule has 4 aliphatic rings. The van der Waals surface area contributed by atoms with E-state index in [1.165, 1.54) is 25.7 Å². The number of hydrogen-bond donors (Lipinski definition) is 3. The Morgan fingerprint density at radius 2 is 1.68 bits per heavy atom. The fourth-order valence-electron chi connectivity index (χ4n) is 6.24. The van der Waals surface area contributed by atoms with Crippen LogP contribution < -0.4 is 10.6 Å². The number of anilines is 1. The molecule has 0 aliphatic heterocycles. The molecule has 0 spiro atoms. The van der Waals surface area contributed by atoms with Crippen molar-refractivity contribution in [2.75, 3.05) is 5.32 Å². The van der Waals surface area contributed by atoms with Crippen molar-refractivity contribution in [2.24, 2.45) is 17.8 Å². The Bertz CT molecular complexity index is 1200. The molecule has 6 heteroatoms. The van der Waals surface area contributed by atoms with Crippen LogP contribution in [0.1, 0.15) is 68.1 Å². The Balaban J connectivity index is 1.14. The molecular weight excluding hydrogens is 424 g/mol. The van der Waals surface area contributed by atoms with Gasteiger partial charge in [0, 0.05) is 28.8 Å². The van der Waals surface area contributed by atoms with Gasteiger partial charge >= 0.3 is 0 Å². The number of fused-ring (bicyclic) bond motifs is 4. The summed E-state index contributed by atoms with van der Waals surface area (Å²) in [5.41, 5.74) is 4.14. The van der Waals surface area contributed by atoms with Crippen molar-refractivity contribution < 1.29 is 9.59 Å². The Morgan fingerprint density at radius 1 is 0.912 bits per heavy atom. The zero-order valence-corrected chi connectivity index (χ0v) is 19.5. The van der Waals surface area contributed by atoms with Crippen LogP contribution in [0, 0.1) is 17.8 Å². The zero-order chi connectivity index (χ0) is 23.1. The van der Waals surface area contributed by atoms with Gasteiger partial charge in [0.15, 0.2) is 0 Å². The highest BCUT2D eigenvalue weighted by Crippen LogP contribution is 2.41. The maximum Gasteiger partial charge on any atom is 0.251 e. The molecule has 1 heterocycles. The van der Waals surface area contributed by atoms with E-state index < -0.39 is 0 Å². The van der Waals surface area contributed by atoms with E-state index in [0.29, 0.717) is 17.5 Å². The standard InChI is InChI=1S/C28H32N4O2/c33-27(20-3-1-2-4-20)29-22-13-14-23-25(16-22)31-26(30-23)19-9-11-21(12-10-19)28(34)32-24-15-17-5-7-18(24)8-6-17/h9-14,16-18,20,24H,1-8,15H2,(H,29,33)(H,30,31)(H,32,34). The lowest BCUT2D eigenvalue weighted by Crippen LogP contribution is -2.47. The van der Waals surface area contributed by atoms with E-state index in [9.17, 15) is 9.59 Å². The molecule has 2 aromatic carbocycles. The Hall–Kier alpha value is -3.15. The van der Waals surface area contributed by atoms with Crippen molar-refractivity contribution in [1.82, 2.24) is 15.3 Å². The molecular formula is C28H32N4O2. The highest BCUT2D eigenvalue weighted by Gasteiger charge is 2.36. The van der Waals surface area contributed by atoms with Crippen LogP contribution in [0.15, 0.2) is 42.5 Å². The molecule has 1 aromatic heterocycles. The van der Waals surface area contributed by atoms with Crippen LogP contribution in [0.3, 0.4) is 0 Å². The number of rotatable bonds is 5. The van der Waals surface area contributed by atoms with Gasteiger partial charge in [-0.25, -0.2) is 4.98 Å². The number of carbonyl (C=O) groups is 2. The second kappa shape index (κ2) is 8.90. The third kappa shape index (κ3) is 4.22. The van der Waals surface area contributed by atoms with Crippen LogP contribution in [0.5, 0.6) is 0 Å². The van der Waals surface area contributed by atoms with Gasteiger partial charge in [-0.1, -0.05) is 37.8 Å². The Morgan fingerprint density at radius 3 is 2.38 bits per heavy atom. The van der Waals surface area contributed by atoms with Crippen LogP contribution in [-0.4, -0.2) is 27.8 Å². The van der Waals surface area contributed by atoms with E-state index in [1.54, 1.807) is 0 Å². The van der Waals surface area contributed by atoms with Gasteiger partial charge < -0.3 is 15.6 Å². The molecule has 7 rings (SSSR count). The summed E-state index contributed by atoms with van der Waals surface area (Å²) >= 11 is 0. The topological polar surface area (TPSA) is 86.9 Å². The number of nitrogens with one attached hydrogen (secondary N) is 3. The molecule has 0 saturated heterocycles. The van der Waals surface area contributed by atoms with Crippen molar-refractivity contribution in [2.45, 2.75) is 63.8 Å². The summed E-state index contributed by atoms with van der Waals surface area (Å²) in [6, 6.07) is 13.8. The zero-order valence-electron chi connectivity index (χ0n) is 19.5. The largest absolute Gasteiger partial charge is 0.349 e. The van der Waals surface area contributed by atoms with Crippen molar-refractivity contribution in [3.8, 4) is 11.4 Å². The van der Waals surface area contributed by atoms with Gasteiger partial charge in [0.05, 0.1) is 11.0 Å². The first kappa shape index (κ1) is 21.4. The minimum atomic E-state index is 0.0244. The van der Waals surface area contributed by atoms with Crippen molar-refractivity contribution in [1.29, 1.82) is 0 Å². The lowest BCUT2D eigenvalue weighted by Gasteiger charge is -2.42. The van der Waals surface area contributed by atoms with Gasteiger partial charge in [-0.05, 0) is 74.3 Å². The molecule has 4 saturated carbocycles. The van der Waals surface area contributed by atoms with E-state index in [-0.39, 0.29) is 17.7 Å². The summed E-state index contributed by atoms with van der Waals surface area (Å²) in [6.07, 6.45) is 10.6. The Kier molecular flexibility index (Phi) is 5.60. The monoisotopic (exact) mass is 456 g/mol. The Labute approximate surface area is 199 Å². The molecule has 34 heavy (non-hydrogen) atoms. The highest BCUT2D eigenvalue weighted by atomic mass is 16.2. The fourth-order valence-corrected chi connectivity index (χ4v) is 6.24. The number of carbonyl (C=O) groups excluding carboxylic acids is 2. The first-order chi connectivity index (χ1) is 16.6. The molecule has 0 radical (unpaired) electrons. The normalized spacial score (nSPS) is 24.4.